The minimum absolute atomic E-state index is 1.83. The molecule has 5 nitrogen and oxygen atoms in total. The third-order valence-corrected chi connectivity index (χ3v) is 0.418. The van der Waals surface area contributed by atoms with Crippen molar-refractivity contribution in [1.29, 1.82) is 0 Å². The van der Waals surface area contributed by atoms with E-state index in [0.717, 1.165) is 0 Å². The zero-order chi connectivity index (χ0) is 5.86. The number of carbonyl (C=O) groups is 1. The van der Waals surface area contributed by atoms with Crippen LogP contribution in [0.1, 0.15) is 0 Å². The average Bonchev–Trinajstić information content (AvgIpc) is 1.27. The standard InChI is InChI=1S/CH2O5S/c2-1(3)6-7(4)5/h(H,2,3)(H,4,5)/p-1. The highest BCUT2D eigenvalue weighted by Gasteiger charge is 1.91. The Kier molecular flexibility index (Phi) is 2.31. The second kappa shape index (κ2) is 2.54. The van der Waals surface area contributed by atoms with E-state index in [-0.39, 0.29) is 0 Å². The normalized spacial score (nSPS) is 12.7. The van der Waals surface area contributed by atoms with Gasteiger partial charge in [0.1, 0.15) is 11.4 Å². The van der Waals surface area contributed by atoms with Crippen molar-refractivity contribution in [2.45, 2.75) is 0 Å². The van der Waals surface area contributed by atoms with Crippen LogP contribution in [0, 0.1) is 0 Å². The summed E-state index contributed by atoms with van der Waals surface area (Å²) in [5, 5.41) is 7.47. The molecule has 0 spiro atoms. The molecule has 7 heavy (non-hydrogen) atoms. The lowest BCUT2D eigenvalue weighted by Crippen LogP contribution is -2.01. The SMILES string of the molecule is O=C(O)OS(=O)[O-]. The Labute approximate surface area is 41.4 Å². The smallest absolute Gasteiger partial charge is 0.519 e. The molecular weight excluding hydrogens is 124 g/mol. The molecule has 0 amide bonds. The molecule has 0 aromatic rings. The van der Waals surface area contributed by atoms with Crippen molar-refractivity contribution < 1.29 is 22.8 Å². The lowest BCUT2D eigenvalue weighted by Gasteiger charge is -1.97. The van der Waals surface area contributed by atoms with Crippen molar-refractivity contribution in [3.05, 3.63) is 0 Å². The third-order valence-electron chi connectivity index (χ3n) is 0.139. The van der Waals surface area contributed by atoms with Crippen molar-refractivity contribution in [1.82, 2.24) is 0 Å². The molecule has 0 aromatic heterocycles. The summed E-state index contributed by atoms with van der Waals surface area (Å²) < 4.78 is 21.5. The van der Waals surface area contributed by atoms with E-state index in [4.69, 9.17) is 5.11 Å². The van der Waals surface area contributed by atoms with Crippen LogP contribution in [0.2, 0.25) is 0 Å². The number of hydrogen-bond acceptors (Lipinski definition) is 4. The molecule has 0 bridgehead atoms. The summed E-state index contributed by atoms with van der Waals surface area (Å²) in [7, 11) is 0. The summed E-state index contributed by atoms with van der Waals surface area (Å²) in [4.78, 5) is 9.19. The Morgan fingerprint density at radius 1 is 1.86 bits per heavy atom. The molecule has 0 fully saturated rings. The second-order valence-corrected chi connectivity index (χ2v) is 1.13. The van der Waals surface area contributed by atoms with Crippen LogP contribution >= 0.6 is 0 Å². The van der Waals surface area contributed by atoms with Gasteiger partial charge in [-0.15, -0.1) is 0 Å². The van der Waals surface area contributed by atoms with Gasteiger partial charge in [-0.3, -0.25) is 0 Å². The molecule has 1 N–H and O–H groups in total. The van der Waals surface area contributed by atoms with Gasteiger partial charge in [0.05, 0.1) is 0 Å². The quantitative estimate of drug-likeness (QED) is 0.476. The van der Waals surface area contributed by atoms with E-state index in [1.165, 1.54) is 0 Å². The number of rotatable bonds is 1. The predicted octanol–water partition coefficient (Wildman–Crippen LogP) is -0.525. The Morgan fingerprint density at radius 3 is 2.29 bits per heavy atom. The van der Waals surface area contributed by atoms with Gasteiger partial charge in [-0.2, -0.15) is 0 Å². The molecule has 1 atom stereocenters. The van der Waals surface area contributed by atoms with Crippen LogP contribution in [0.4, 0.5) is 4.79 Å². The van der Waals surface area contributed by atoms with Crippen LogP contribution in [0.25, 0.3) is 0 Å². The van der Waals surface area contributed by atoms with E-state index in [9.17, 15) is 13.6 Å². The van der Waals surface area contributed by atoms with Gasteiger partial charge in [0.25, 0.3) is 0 Å². The minimum Gasteiger partial charge on any atom is -0.740 e. The van der Waals surface area contributed by atoms with E-state index in [2.05, 4.69) is 4.18 Å². The highest BCUT2D eigenvalue weighted by atomic mass is 32.2. The lowest BCUT2D eigenvalue weighted by atomic mass is 11.5. The van der Waals surface area contributed by atoms with Gasteiger partial charge in [-0.05, 0) is 0 Å². The summed E-state index contributed by atoms with van der Waals surface area (Å²) in [5.74, 6) is 0. The van der Waals surface area contributed by atoms with Crippen molar-refractivity contribution >= 4 is 17.5 Å². The molecular formula is CHO5S-. The molecule has 0 aliphatic carbocycles. The van der Waals surface area contributed by atoms with Crippen molar-refractivity contribution in [2.75, 3.05) is 0 Å². The molecule has 6 heteroatoms. The Balaban J connectivity index is 3.32. The lowest BCUT2D eigenvalue weighted by molar-refractivity contribution is 0.145. The molecule has 0 radical (unpaired) electrons. The molecule has 0 aromatic carbocycles. The van der Waals surface area contributed by atoms with Crippen LogP contribution in [-0.2, 0) is 15.5 Å². The monoisotopic (exact) mass is 125 g/mol. The van der Waals surface area contributed by atoms with Gasteiger partial charge in [0.2, 0.25) is 0 Å². The first kappa shape index (κ1) is 6.38. The van der Waals surface area contributed by atoms with E-state index in [1.807, 2.05) is 0 Å². The van der Waals surface area contributed by atoms with Crippen LogP contribution in [0.15, 0.2) is 0 Å². The van der Waals surface area contributed by atoms with Crippen molar-refractivity contribution in [3.8, 4) is 0 Å². The van der Waals surface area contributed by atoms with Crippen molar-refractivity contribution in [2.24, 2.45) is 0 Å². The fourth-order valence-electron chi connectivity index (χ4n) is 0.0582. The van der Waals surface area contributed by atoms with Gasteiger partial charge in [0, 0.05) is 0 Å². The second-order valence-electron chi connectivity index (χ2n) is 0.553. The summed E-state index contributed by atoms with van der Waals surface area (Å²) in [5.41, 5.74) is 0. The summed E-state index contributed by atoms with van der Waals surface area (Å²) in [6.07, 6.45) is -1.83. The molecule has 0 saturated heterocycles. The molecule has 0 aliphatic rings. The molecule has 42 valence electrons. The van der Waals surface area contributed by atoms with Gasteiger partial charge >= 0.3 is 6.16 Å². The molecule has 0 heterocycles. The first-order chi connectivity index (χ1) is 3.13. The fourth-order valence-corrected chi connectivity index (χ4v) is 0.175. The van der Waals surface area contributed by atoms with Gasteiger partial charge in [-0.1, -0.05) is 0 Å². The topological polar surface area (TPSA) is 86.7 Å². The first-order valence-corrected chi connectivity index (χ1v) is 2.13. The highest BCUT2D eigenvalue weighted by Crippen LogP contribution is 1.76. The fraction of sp³-hybridized carbons (Fsp3) is 0. The number of hydrogen-bond donors (Lipinski definition) is 1. The Bertz CT molecular complexity index is 84.3. The molecule has 0 rings (SSSR count). The maximum atomic E-state index is 9.21. The van der Waals surface area contributed by atoms with E-state index in [1.54, 1.807) is 0 Å². The van der Waals surface area contributed by atoms with Crippen molar-refractivity contribution in [3.63, 3.8) is 0 Å². The minimum atomic E-state index is -2.95. The largest absolute Gasteiger partial charge is 0.740 e. The van der Waals surface area contributed by atoms with Crippen LogP contribution in [0.3, 0.4) is 0 Å². The van der Waals surface area contributed by atoms with Crippen LogP contribution in [0.5, 0.6) is 0 Å². The Hall–Kier alpha value is -0.620. The van der Waals surface area contributed by atoms with Crippen LogP contribution in [-0.4, -0.2) is 20.0 Å². The summed E-state index contributed by atoms with van der Waals surface area (Å²) in [6.45, 7) is 0. The maximum Gasteiger partial charge on any atom is 0.519 e. The zero-order valence-electron chi connectivity index (χ0n) is 2.99. The van der Waals surface area contributed by atoms with E-state index in [0.29, 0.717) is 0 Å². The van der Waals surface area contributed by atoms with Gasteiger partial charge < -0.3 is 13.8 Å². The van der Waals surface area contributed by atoms with E-state index < -0.39 is 17.5 Å². The van der Waals surface area contributed by atoms with E-state index >= 15 is 0 Å². The van der Waals surface area contributed by atoms with Gasteiger partial charge in [0.15, 0.2) is 0 Å². The molecule has 1 unspecified atom stereocenters. The predicted molar refractivity (Wildman–Crippen MR) is 18.0 cm³/mol. The highest BCUT2D eigenvalue weighted by molar-refractivity contribution is 7.74. The molecule has 0 aliphatic heterocycles. The van der Waals surface area contributed by atoms with Crippen LogP contribution < -0.4 is 0 Å². The third kappa shape index (κ3) is 5.38. The van der Waals surface area contributed by atoms with Gasteiger partial charge in [-0.25, -0.2) is 9.00 Å². The zero-order valence-corrected chi connectivity index (χ0v) is 3.80. The first-order valence-electron chi connectivity index (χ1n) is 1.13. The summed E-state index contributed by atoms with van der Waals surface area (Å²) >= 11 is -2.95. The maximum absolute atomic E-state index is 9.21. The number of carboxylic acid groups (broad SMARTS) is 1. The molecule has 0 saturated carbocycles. The summed E-state index contributed by atoms with van der Waals surface area (Å²) in [6, 6.07) is 0. The average molecular weight is 125 g/mol. The Morgan fingerprint density at radius 2 is 2.29 bits per heavy atom.